The van der Waals surface area contributed by atoms with E-state index in [0.29, 0.717) is 6.54 Å². The number of anilines is 1. The largest absolute Gasteiger partial charge is 0.496 e. The molecule has 3 rings (SSSR count). The molecule has 1 N–H and O–H groups in total. The van der Waals surface area contributed by atoms with Crippen LogP contribution in [0.3, 0.4) is 0 Å². The van der Waals surface area contributed by atoms with Crippen LogP contribution < -0.4 is 15.0 Å². The van der Waals surface area contributed by atoms with Crippen molar-refractivity contribution in [1.82, 2.24) is 15.3 Å². The molecular formula is C18H24N4O2. The highest BCUT2D eigenvalue weighted by Crippen LogP contribution is 2.24. The quantitative estimate of drug-likeness (QED) is 0.877. The number of benzene rings is 1. The van der Waals surface area contributed by atoms with Gasteiger partial charge in [0.2, 0.25) is 5.95 Å². The van der Waals surface area contributed by atoms with E-state index in [4.69, 9.17) is 9.47 Å². The Morgan fingerprint density at radius 1 is 1.21 bits per heavy atom. The predicted octanol–water partition coefficient (Wildman–Crippen LogP) is 2.17. The normalized spacial score (nSPS) is 16.0. The fourth-order valence-electron chi connectivity index (χ4n) is 2.77. The van der Waals surface area contributed by atoms with Crippen LogP contribution in [0, 0.1) is 0 Å². The van der Waals surface area contributed by atoms with Crippen molar-refractivity contribution in [2.24, 2.45) is 0 Å². The lowest BCUT2D eigenvalue weighted by Crippen LogP contribution is -2.37. The second-order valence-corrected chi connectivity index (χ2v) is 5.84. The van der Waals surface area contributed by atoms with E-state index in [9.17, 15) is 0 Å². The van der Waals surface area contributed by atoms with E-state index in [2.05, 4.69) is 33.2 Å². The number of methoxy groups -OCH3 is 1. The summed E-state index contributed by atoms with van der Waals surface area (Å²) < 4.78 is 10.8. The standard InChI is InChI=1S/C18H24N4O2/c1-14(16-5-3-4-6-17(16)23-2)19-11-15-12-20-18(21-13-15)22-7-9-24-10-8-22/h3-6,12-14,19H,7-11H2,1-2H3. The monoisotopic (exact) mass is 328 g/mol. The molecule has 1 aromatic carbocycles. The van der Waals surface area contributed by atoms with E-state index < -0.39 is 0 Å². The van der Waals surface area contributed by atoms with E-state index in [-0.39, 0.29) is 6.04 Å². The zero-order valence-electron chi connectivity index (χ0n) is 14.2. The molecule has 1 aliphatic rings. The lowest BCUT2D eigenvalue weighted by Gasteiger charge is -2.26. The smallest absolute Gasteiger partial charge is 0.225 e. The van der Waals surface area contributed by atoms with Crippen LogP contribution in [0.4, 0.5) is 5.95 Å². The van der Waals surface area contributed by atoms with E-state index in [1.165, 1.54) is 0 Å². The van der Waals surface area contributed by atoms with Crippen molar-refractivity contribution in [1.29, 1.82) is 0 Å². The minimum atomic E-state index is 0.181. The number of morpholine rings is 1. The van der Waals surface area contributed by atoms with Crippen LogP contribution in [0.1, 0.15) is 24.1 Å². The average molecular weight is 328 g/mol. The number of para-hydroxylation sites is 1. The molecule has 1 aliphatic heterocycles. The first-order valence-corrected chi connectivity index (χ1v) is 8.28. The van der Waals surface area contributed by atoms with Crippen molar-refractivity contribution in [2.75, 3.05) is 38.3 Å². The first-order chi connectivity index (χ1) is 11.8. The summed E-state index contributed by atoms with van der Waals surface area (Å²) >= 11 is 0. The summed E-state index contributed by atoms with van der Waals surface area (Å²) in [5.41, 5.74) is 2.21. The maximum Gasteiger partial charge on any atom is 0.225 e. The summed E-state index contributed by atoms with van der Waals surface area (Å²) in [6.45, 7) is 6.01. The molecule has 0 bridgehead atoms. The van der Waals surface area contributed by atoms with Crippen molar-refractivity contribution in [3.05, 3.63) is 47.8 Å². The van der Waals surface area contributed by atoms with Gasteiger partial charge in [-0.1, -0.05) is 18.2 Å². The summed E-state index contributed by atoms with van der Waals surface area (Å²) in [6.07, 6.45) is 3.78. The molecule has 1 atom stereocenters. The highest BCUT2D eigenvalue weighted by molar-refractivity contribution is 5.35. The van der Waals surface area contributed by atoms with Crippen LogP contribution in [-0.4, -0.2) is 43.4 Å². The summed E-state index contributed by atoms with van der Waals surface area (Å²) in [5, 5.41) is 3.50. The Morgan fingerprint density at radius 3 is 2.62 bits per heavy atom. The molecular weight excluding hydrogens is 304 g/mol. The van der Waals surface area contributed by atoms with Crippen molar-refractivity contribution >= 4 is 5.95 Å². The summed E-state index contributed by atoms with van der Waals surface area (Å²) in [4.78, 5) is 11.1. The van der Waals surface area contributed by atoms with Crippen molar-refractivity contribution in [3.8, 4) is 5.75 Å². The molecule has 1 fully saturated rings. The third kappa shape index (κ3) is 4.01. The topological polar surface area (TPSA) is 59.5 Å². The highest BCUT2D eigenvalue weighted by atomic mass is 16.5. The van der Waals surface area contributed by atoms with Crippen molar-refractivity contribution in [3.63, 3.8) is 0 Å². The number of rotatable bonds is 6. The van der Waals surface area contributed by atoms with Crippen LogP contribution in [0.2, 0.25) is 0 Å². The van der Waals surface area contributed by atoms with Gasteiger partial charge in [0.05, 0.1) is 20.3 Å². The highest BCUT2D eigenvalue weighted by Gasteiger charge is 2.14. The molecule has 0 radical (unpaired) electrons. The Bertz CT molecular complexity index is 642. The van der Waals surface area contributed by atoms with Gasteiger partial charge in [-0.05, 0) is 13.0 Å². The fraction of sp³-hybridized carbons (Fsp3) is 0.444. The Hall–Kier alpha value is -2.18. The first kappa shape index (κ1) is 16.7. The molecule has 1 aromatic heterocycles. The van der Waals surface area contributed by atoms with Crippen molar-refractivity contribution in [2.45, 2.75) is 19.5 Å². The molecule has 1 unspecified atom stereocenters. The van der Waals surface area contributed by atoms with Gasteiger partial charge in [0.25, 0.3) is 0 Å². The van der Waals surface area contributed by atoms with Crippen LogP contribution in [0.25, 0.3) is 0 Å². The summed E-state index contributed by atoms with van der Waals surface area (Å²) in [6, 6.07) is 8.24. The Labute approximate surface area is 142 Å². The molecule has 24 heavy (non-hydrogen) atoms. The number of hydrogen-bond acceptors (Lipinski definition) is 6. The molecule has 128 valence electrons. The Morgan fingerprint density at radius 2 is 1.92 bits per heavy atom. The van der Waals surface area contributed by atoms with Gasteiger partial charge in [0.1, 0.15) is 5.75 Å². The molecule has 2 heterocycles. The van der Waals surface area contributed by atoms with Crippen LogP contribution in [0.5, 0.6) is 5.75 Å². The number of nitrogens with zero attached hydrogens (tertiary/aromatic N) is 3. The minimum Gasteiger partial charge on any atom is -0.496 e. The maximum atomic E-state index is 5.42. The molecule has 0 spiro atoms. The number of aromatic nitrogens is 2. The van der Waals surface area contributed by atoms with Gasteiger partial charge in [-0.15, -0.1) is 0 Å². The van der Waals surface area contributed by atoms with Gasteiger partial charge in [-0.3, -0.25) is 0 Å². The van der Waals surface area contributed by atoms with Crippen molar-refractivity contribution < 1.29 is 9.47 Å². The zero-order valence-corrected chi connectivity index (χ0v) is 14.2. The Balaban J connectivity index is 1.58. The third-order valence-electron chi connectivity index (χ3n) is 4.20. The van der Waals surface area contributed by atoms with Gasteiger partial charge < -0.3 is 19.7 Å². The SMILES string of the molecule is COc1ccccc1C(C)NCc1cnc(N2CCOCC2)nc1. The molecule has 1 saturated heterocycles. The van der Waals surface area contributed by atoms with Crippen LogP contribution in [0.15, 0.2) is 36.7 Å². The molecule has 0 amide bonds. The summed E-state index contributed by atoms with van der Waals surface area (Å²) in [7, 11) is 1.70. The van der Waals surface area contributed by atoms with E-state index in [0.717, 1.165) is 49.1 Å². The lowest BCUT2D eigenvalue weighted by atomic mass is 10.1. The fourth-order valence-corrected chi connectivity index (χ4v) is 2.77. The zero-order chi connectivity index (χ0) is 16.8. The van der Waals surface area contributed by atoms with Gasteiger partial charge in [-0.25, -0.2) is 9.97 Å². The van der Waals surface area contributed by atoms with E-state index >= 15 is 0 Å². The third-order valence-corrected chi connectivity index (χ3v) is 4.20. The van der Waals surface area contributed by atoms with Gasteiger partial charge in [0, 0.05) is 49.2 Å². The van der Waals surface area contributed by atoms with Gasteiger partial charge >= 0.3 is 0 Å². The Kier molecular flexibility index (Phi) is 5.61. The average Bonchev–Trinajstić information content (AvgIpc) is 2.67. The van der Waals surface area contributed by atoms with Gasteiger partial charge in [-0.2, -0.15) is 0 Å². The number of hydrogen-bond donors (Lipinski definition) is 1. The van der Waals surface area contributed by atoms with Crippen LogP contribution in [-0.2, 0) is 11.3 Å². The predicted molar refractivity (Wildman–Crippen MR) is 93.3 cm³/mol. The molecule has 6 heteroatoms. The molecule has 6 nitrogen and oxygen atoms in total. The summed E-state index contributed by atoms with van der Waals surface area (Å²) in [5.74, 6) is 1.68. The van der Waals surface area contributed by atoms with E-state index in [1.807, 2.05) is 30.6 Å². The second kappa shape index (κ2) is 8.08. The van der Waals surface area contributed by atoms with Crippen LogP contribution >= 0.6 is 0 Å². The minimum absolute atomic E-state index is 0.181. The number of ether oxygens (including phenoxy) is 2. The first-order valence-electron chi connectivity index (χ1n) is 8.28. The molecule has 0 saturated carbocycles. The van der Waals surface area contributed by atoms with E-state index in [1.54, 1.807) is 7.11 Å². The number of nitrogens with one attached hydrogen (secondary N) is 1. The molecule has 2 aromatic rings. The lowest BCUT2D eigenvalue weighted by molar-refractivity contribution is 0.122. The molecule has 0 aliphatic carbocycles. The maximum absolute atomic E-state index is 5.42. The van der Waals surface area contributed by atoms with Gasteiger partial charge in [0.15, 0.2) is 0 Å². The second-order valence-electron chi connectivity index (χ2n) is 5.84.